The topological polar surface area (TPSA) is 84.2 Å². The molecule has 1 saturated heterocycles. The number of halogens is 1. The Labute approximate surface area is 167 Å². The minimum atomic E-state index is -3.09. The summed E-state index contributed by atoms with van der Waals surface area (Å²) in [6.45, 7) is 0. The molecule has 2 atom stereocenters. The van der Waals surface area contributed by atoms with E-state index in [0.717, 1.165) is 21.2 Å². The minimum absolute atomic E-state index is 0.000153. The molecule has 1 aliphatic heterocycles. The van der Waals surface area contributed by atoms with Crippen LogP contribution >= 0.6 is 35.6 Å². The van der Waals surface area contributed by atoms with E-state index in [4.69, 9.17) is 29.6 Å². The molecule has 1 fully saturated rings. The Kier molecular flexibility index (Phi) is 5.96. The van der Waals surface area contributed by atoms with E-state index >= 15 is 0 Å². The number of nitrogen functional groups attached to an aromatic ring is 1. The first-order valence-corrected chi connectivity index (χ1v) is 11.3. The molecule has 4 N–H and O–H groups in total. The normalized spacial score (nSPS) is 21.3. The van der Waals surface area contributed by atoms with Gasteiger partial charge in [0.2, 0.25) is 0 Å². The predicted molar refractivity (Wildman–Crippen MR) is 113 cm³/mol. The Morgan fingerprint density at radius 3 is 2.19 bits per heavy atom. The SMILES string of the molecule is Nc1ccc(Sc2ccc(NC(=S)NC3CS(=O)(=O)CC3Cl)cc2)cc1. The van der Waals surface area contributed by atoms with Crippen LogP contribution in [0.3, 0.4) is 0 Å². The Morgan fingerprint density at radius 2 is 1.65 bits per heavy atom. The van der Waals surface area contributed by atoms with Gasteiger partial charge in [-0.1, -0.05) is 11.8 Å². The van der Waals surface area contributed by atoms with Gasteiger partial charge in [0.05, 0.1) is 22.9 Å². The second-order valence-electron chi connectivity index (χ2n) is 5.99. The molecule has 0 radical (unpaired) electrons. The number of anilines is 2. The molecule has 0 aliphatic carbocycles. The van der Waals surface area contributed by atoms with Crippen molar-refractivity contribution in [3.8, 4) is 0 Å². The third kappa shape index (κ3) is 5.26. The third-order valence-electron chi connectivity index (χ3n) is 3.83. The fourth-order valence-corrected chi connectivity index (χ4v) is 6.19. The average Bonchev–Trinajstić information content (AvgIpc) is 2.83. The zero-order chi connectivity index (χ0) is 18.7. The number of nitrogens with one attached hydrogen (secondary N) is 2. The first kappa shape index (κ1) is 19.3. The number of benzene rings is 2. The van der Waals surface area contributed by atoms with Gasteiger partial charge in [0.25, 0.3) is 0 Å². The molecule has 0 aromatic heterocycles. The standard InChI is InChI=1S/C17H18ClN3O2S3/c18-15-9-26(22,23)10-16(15)21-17(24)20-12-3-7-14(8-4-12)25-13-5-1-11(19)2-6-13/h1-8,15-16H,9-10,19H2,(H2,20,21,24). The highest BCUT2D eigenvalue weighted by molar-refractivity contribution is 7.99. The fraction of sp³-hybridized carbons (Fsp3) is 0.235. The lowest BCUT2D eigenvalue weighted by Gasteiger charge is -2.17. The molecule has 2 aromatic rings. The summed E-state index contributed by atoms with van der Waals surface area (Å²) in [4.78, 5) is 2.19. The summed E-state index contributed by atoms with van der Waals surface area (Å²) in [5, 5.41) is 5.93. The van der Waals surface area contributed by atoms with E-state index in [1.54, 1.807) is 11.8 Å². The van der Waals surface area contributed by atoms with Crippen LogP contribution in [0, 0.1) is 0 Å². The van der Waals surface area contributed by atoms with Crippen molar-refractivity contribution in [3.63, 3.8) is 0 Å². The molecule has 2 aromatic carbocycles. The largest absolute Gasteiger partial charge is 0.399 e. The number of rotatable bonds is 4. The zero-order valence-corrected chi connectivity index (χ0v) is 16.9. The number of alkyl halides is 1. The Morgan fingerprint density at radius 1 is 1.08 bits per heavy atom. The van der Waals surface area contributed by atoms with Crippen LogP contribution in [0.4, 0.5) is 11.4 Å². The van der Waals surface area contributed by atoms with Crippen molar-refractivity contribution in [2.24, 2.45) is 0 Å². The second-order valence-corrected chi connectivity index (χ2v) is 10.3. The van der Waals surface area contributed by atoms with Crippen LogP contribution in [-0.2, 0) is 9.84 Å². The molecule has 1 aliphatic rings. The highest BCUT2D eigenvalue weighted by Gasteiger charge is 2.36. The van der Waals surface area contributed by atoms with Crippen LogP contribution in [0.15, 0.2) is 58.3 Å². The van der Waals surface area contributed by atoms with Crippen LogP contribution in [0.5, 0.6) is 0 Å². The van der Waals surface area contributed by atoms with Crippen molar-refractivity contribution >= 4 is 61.9 Å². The lowest BCUT2D eigenvalue weighted by atomic mass is 10.2. The van der Waals surface area contributed by atoms with Gasteiger partial charge in [0.1, 0.15) is 0 Å². The summed E-state index contributed by atoms with van der Waals surface area (Å²) in [6, 6.07) is 15.1. The smallest absolute Gasteiger partial charge is 0.171 e. The predicted octanol–water partition coefficient (Wildman–Crippen LogP) is 3.11. The Balaban J connectivity index is 1.55. The van der Waals surface area contributed by atoms with E-state index < -0.39 is 15.2 Å². The third-order valence-corrected chi connectivity index (χ3v) is 7.44. The maximum absolute atomic E-state index is 11.6. The number of nitrogens with two attached hydrogens (primary N) is 1. The van der Waals surface area contributed by atoms with Crippen molar-refractivity contribution in [3.05, 3.63) is 48.5 Å². The van der Waals surface area contributed by atoms with Gasteiger partial charge in [0.15, 0.2) is 14.9 Å². The maximum atomic E-state index is 11.6. The Hall–Kier alpha value is -1.48. The summed E-state index contributed by atoms with van der Waals surface area (Å²) in [5.74, 6) is -0.0218. The molecule has 5 nitrogen and oxygen atoms in total. The van der Waals surface area contributed by atoms with Gasteiger partial charge in [-0.2, -0.15) is 0 Å². The van der Waals surface area contributed by atoms with Crippen LogP contribution in [0.25, 0.3) is 0 Å². The van der Waals surface area contributed by atoms with Gasteiger partial charge >= 0.3 is 0 Å². The zero-order valence-electron chi connectivity index (χ0n) is 13.7. The summed E-state index contributed by atoms with van der Waals surface area (Å²) in [5.41, 5.74) is 7.25. The van der Waals surface area contributed by atoms with E-state index in [0.29, 0.717) is 5.11 Å². The second kappa shape index (κ2) is 8.04. The van der Waals surface area contributed by atoms with Gasteiger partial charge in [-0.05, 0) is 60.7 Å². The molecule has 138 valence electrons. The summed E-state index contributed by atoms with van der Waals surface area (Å²) >= 11 is 13.0. The van der Waals surface area contributed by atoms with Crippen molar-refractivity contribution in [2.75, 3.05) is 22.6 Å². The summed E-state index contributed by atoms with van der Waals surface area (Å²) in [7, 11) is -3.09. The number of hydrogen-bond donors (Lipinski definition) is 3. The molecule has 26 heavy (non-hydrogen) atoms. The monoisotopic (exact) mass is 427 g/mol. The number of thiocarbonyl (C=S) groups is 1. The van der Waals surface area contributed by atoms with Crippen LogP contribution < -0.4 is 16.4 Å². The molecule has 0 bridgehead atoms. The maximum Gasteiger partial charge on any atom is 0.171 e. The van der Waals surface area contributed by atoms with Crippen molar-refractivity contribution < 1.29 is 8.42 Å². The van der Waals surface area contributed by atoms with E-state index in [2.05, 4.69) is 10.6 Å². The molecular formula is C17H18ClN3O2S3. The first-order valence-electron chi connectivity index (χ1n) is 7.86. The summed E-state index contributed by atoms with van der Waals surface area (Å²) < 4.78 is 23.2. The molecule has 0 saturated carbocycles. The lowest BCUT2D eigenvalue weighted by Crippen LogP contribution is -2.42. The lowest BCUT2D eigenvalue weighted by molar-refractivity contribution is 0.600. The molecule has 9 heteroatoms. The van der Waals surface area contributed by atoms with Gasteiger partial charge in [-0.3, -0.25) is 0 Å². The van der Waals surface area contributed by atoms with E-state index in [1.165, 1.54) is 0 Å². The van der Waals surface area contributed by atoms with Crippen molar-refractivity contribution in [1.82, 2.24) is 5.32 Å². The Bertz CT molecular complexity index is 886. The van der Waals surface area contributed by atoms with E-state index in [1.807, 2.05) is 48.5 Å². The minimum Gasteiger partial charge on any atom is -0.399 e. The van der Waals surface area contributed by atoms with Gasteiger partial charge in [0, 0.05) is 21.2 Å². The fourth-order valence-electron chi connectivity index (χ4n) is 2.55. The van der Waals surface area contributed by atoms with Gasteiger partial charge < -0.3 is 16.4 Å². The van der Waals surface area contributed by atoms with E-state index in [9.17, 15) is 8.42 Å². The molecule has 3 rings (SSSR count). The van der Waals surface area contributed by atoms with E-state index in [-0.39, 0.29) is 17.5 Å². The molecule has 0 spiro atoms. The molecular weight excluding hydrogens is 410 g/mol. The number of hydrogen-bond acceptors (Lipinski definition) is 5. The van der Waals surface area contributed by atoms with Crippen LogP contribution in [0.1, 0.15) is 0 Å². The van der Waals surface area contributed by atoms with Crippen LogP contribution in [-0.4, -0.2) is 36.5 Å². The molecule has 2 unspecified atom stereocenters. The van der Waals surface area contributed by atoms with Gasteiger partial charge in [-0.25, -0.2) is 8.42 Å². The van der Waals surface area contributed by atoms with Crippen molar-refractivity contribution in [1.29, 1.82) is 0 Å². The van der Waals surface area contributed by atoms with Crippen molar-refractivity contribution in [2.45, 2.75) is 21.2 Å². The number of sulfone groups is 1. The average molecular weight is 428 g/mol. The van der Waals surface area contributed by atoms with Crippen LogP contribution in [0.2, 0.25) is 0 Å². The molecule has 0 amide bonds. The quantitative estimate of drug-likeness (QED) is 0.392. The molecule has 1 heterocycles. The van der Waals surface area contributed by atoms with Gasteiger partial charge in [-0.15, -0.1) is 11.6 Å². The first-order chi connectivity index (χ1) is 12.3. The highest BCUT2D eigenvalue weighted by Crippen LogP contribution is 2.29. The summed E-state index contributed by atoms with van der Waals surface area (Å²) in [6.07, 6.45) is 0. The highest BCUT2D eigenvalue weighted by atomic mass is 35.5.